The zero-order valence-electron chi connectivity index (χ0n) is 19.0. The van der Waals surface area contributed by atoms with Crippen LogP contribution in [-0.4, -0.2) is 61.6 Å². The molecule has 0 unspecified atom stereocenters. The molecule has 7 nitrogen and oxygen atoms in total. The molecule has 172 valence electrons. The van der Waals surface area contributed by atoms with Crippen LogP contribution in [0, 0.1) is 0 Å². The molecule has 1 saturated heterocycles. The average Bonchev–Trinajstić information content (AvgIpc) is 2.85. The van der Waals surface area contributed by atoms with Crippen molar-refractivity contribution in [2.75, 3.05) is 39.9 Å². The number of hydrogen-bond acceptors (Lipinski definition) is 4. The molecule has 0 saturated carbocycles. The van der Waals surface area contributed by atoms with Gasteiger partial charge in [-0.2, -0.15) is 0 Å². The summed E-state index contributed by atoms with van der Waals surface area (Å²) in [5.41, 5.74) is 2.11. The molecular formula is C25H33N3O4. The van der Waals surface area contributed by atoms with E-state index in [2.05, 4.69) is 12.2 Å². The van der Waals surface area contributed by atoms with Crippen molar-refractivity contribution in [3.8, 4) is 11.5 Å². The van der Waals surface area contributed by atoms with E-state index >= 15 is 0 Å². The molecule has 1 fully saturated rings. The maximum atomic E-state index is 12.6. The third kappa shape index (κ3) is 6.90. The van der Waals surface area contributed by atoms with Crippen LogP contribution in [0.5, 0.6) is 11.5 Å². The van der Waals surface area contributed by atoms with Gasteiger partial charge in [0.25, 0.3) is 0 Å². The number of rotatable bonds is 9. The highest BCUT2D eigenvalue weighted by atomic mass is 16.5. The molecule has 7 heteroatoms. The number of hydrogen-bond donors (Lipinski definition) is 1. The van der Waals surface area contributed by atoms with Crippen molar-refractivity contribution >= 4 is 11.9 Å². The Hall–Kier alpha value is -3.22. The maximum Gasteiger partial charge on any atom is 0.317 e. The molecule has 32 heavy (non-hydrogen) atoms. The molecule has 0 atom stereocenters. The number of carbonyl (C=O) groups is 2. The lowest BCUT2D eigenvalue weighted by molar-refractivity contribution is -0.132. The standard InChI is InChI=1S/C25H33N3O4/c1-3-17-32-23-6-4-5-21(18-23)19-26-25(30)28-15-13-27(14-16-28)24(29)12-9-20-7-10-22(31-2)11-8-20/h4-8,10-11,18H,3,9,12-17,19H2,1-2H3,(H,26,30). The number of benzene rings is 2. The smallest absolute Gasteiger partial charge is 0.317 e. The summed E-state index contributed by atoms with van der Waals surface area (Å²) in [6.45, 7) is 5.41. The van der Waals surface area contributed by atoms with E-state index in [-0.39, 0.29) is 11.9 Å². The minimum atomic E-state index is -0.102. The Morgan fingerprint density at radius 2 is 1.66 bits per heavy atom. The molecule has 3 amide bonds. The molecule has 0 aliphatic carbocycles. The fourth-order valence-corrected chi connectivity index (χ4v) is 3.62. The third-order valence-electron chi connectivity index (χ3n) is 5.52. The van der Waals surface area contributed by atoms with Gasteiger partial charge in [-0.05, 0) is 48.2 Å². The van der Waals surface area contributed by atoms with Gasteiger partial charge in [0, 0.05) is 39.1 Å². The lowest BCUT2D eigenvalue weighted by Gasteiger charge is -2.34. The number of amides is 3. The molecule has 3 rings (SSSR count). The predicted octanol–water partition coefficient (Wildman–Crippen LogP) is 3.47. The summed E-state index contributed by atoms with van der Waals surface area (Å²) in [5.74, 6) is 1.76. The second kappa shape index (κ2) is 12.0. The zero-order chi connectivity index (χ0) is 22.8. The first kappa shape index (κ1) is 23.4. The maximum absolute atomic E-state index is 12.6. The van der Waals surface area contributed by atoms with Crippen molar-refractivity contribution < 1.29 is 19.1 Å². The van der Waals surface area contributed by atoms with Gasteiger partial charge >= 0.3 is 6.03 Å². The van der Waals surface area contributed by atoms with Gasteiger partial charge in [0.15, 0.2) is 0 Å². The quantitative estimate of drug-likeness (QED) is 0.650. The lowest BCUT2D eigenvalue weighted by Crippen LogP contribution is -2.53. The summed E-state index contributed by atoms with van der Waals surface area (Å²) in [5, 5.41) is 2.97. The highest BCUT2D eigenvalue weighted by Crippen LogP contribution is 2.15. The van der Waals surface area contributed by atoms with E-state index < -0.39 is 0 Å². The SMILES string of the molecule is CCCOc1cccc(CNC(=O)N2CCN(C(=O)CCc3ccc(OC)cc3)CC2)c1. The van der Waals surface area contributed by atoms with Crippen LogP contribution in [0.2, 0.25) is 0 Å². The molecule has 2 aromatic rings. The number of nitrogens with one attached hydrogen (secondary N) is 1. The minimum Gasteiger partial charge on any atom is -0.497 e. The Kier molecular flexibility index (Phi) is 8.78. The number of carbonyl (C=O) groups excluding carboxylic acids is 2. The van der Waals surface area contributed by atoms with Gasteiger partial charge in [-0.25, -0.2) is 4.79 Å². The first-order valence-corrected chi connectivity index (χ1v) is 11.2. The van der Waals surface area contributed by atoms with Crippen LogP contribution in [0.4, 0.5) is 4.79 Å². The summed E-state index contributed by atoms with van der Waals surface area (Å²) < 4.78 is 10.8. The van der Waals surface area contributed by atoms with Crippen LogP contribution in [-0.2, 0) is 17.8 Å². The Bertz CT molecular complexity index is 877. The Morgan fingerprint density at radius 3 is 2.34 bits per heavy atom. The van der Waals surface area contributed by atoms with E-state index in [1.165, 1.54) is 0 Å². The van der Waals surface area contributed by atoms with Crippen LogP contribution >= 0.6 is 0 Å². The van der Waals surface area contributed by atoms with Gasteiger partial charge in [0.05, 0.1) is 13.7 Å². The number of methoxy groups -OCH3 is 1. The van der Waals surface area contributed by atoms with E-state index in [9.17, 15) is 9.59 Å². The number of urea groups is 1. The summed E-state index contributed by atoms with van der Waals surface area (Å²) in [6, 6.07) is 15.5. The summed E-state index contributed by atoms with van der Waals surface area (Å²) in [6.07, 6.45) is 2.12. The average molecular weight is 440 g/mol. The Labute approximate surface area is 190 Å². The number of nitrogens with zero attached hydrogens (tertiary/aromatic N) is 2. The van der Waals surface area contributed by atoms with Gasteiger partial charge in [0.2, 0.25) is 5.91 Å². The van der Waals surface area contributed by atoms with Crippen molar-refractivity contribution in [3.05, 3.63) is 59.7 Å². The van der Waals surface area contributed by atoms with Gasteiger partial charge < -0.3 is 24.6 Å². The van der Waals surface area contributed by atoms with Crippen LogP contribution in [0.1, 0.15) is 30.9 Å². The van der Waals surface area contributed by atoms with Crippen molar-refractivity contribution in [2.24, 2.45) is 0 Å². The van der Waals surface area contributed by atoms with Gasteiger partial charge in [-0.3, -0.25) is 4.79 Å². The fourth-order valence-electron chi connectivity index (χ4n) is 3.62. The zero-order valence-corrected chi connectivity index (χ0v) is 19.0. The topological polar surface area (TPSA) is 71.1 Å². The van der Waals surface area contributed by atoms with Crippen LogP contribution in [0.25, 0.3) is 0 Å². The van der Waals surface area contributed by atoms with Crippen molar-refractivity contribution in [3.63, 3.8) is 0 Å². The largest absolute Gasteiger partial charge is 0.497 e. The second-order valence-corrected chi connectivity index (χ2v) is 7.87. The minimum absolute atomic E-state index is 0.102. The van der Waals surface area contributed by atoms with E-state index in [1.807, 2.05) is 53.4 Å². The van der Waals surface area contributed by atoms with Gasteiger partial charge in [0.1, 0.15) is 11.5 Å². The number of piperazine rings is 1. The Balaban J connectivity index is 1.38. The predicted molar refractivity (Wildman–Crippen MR) is 124 cm³/mol. The van der Waals surface area contributed by atoms with E-state index in [4.69, 9.17) is 9.47 Å². The molecule has 2 aromatic carbocycles. The fraction of sp³-hybridized carbons (Fsp3) is 0.440. The number of aryl methyl sites for hydroxylation is 1. The van der Waals surface area contributed by atoms with Crippen molar-refractivity contribution in [2.45, 2.75) is 32.7 Å². The van der Waals surface area contributed by atoms with E-state index in [1.54, 1.807) is 12.0 Å². The molecule has 0 bridgehead atoms. The van der Waals surface area contributed by atoms with E-state index in [0.29, 0.717) is 52.2 Å². The molecule has 1 heterocycles. The summed E-state index contributed by atoms with van der Waals surface area (Å²) in [4.78, 5) is 28.7. The van der Waals surface area contributed by atoms with Gasteiger partial charge in [-0.15, -0.1) is 0 Å². The monoisotopic (exact) mass is 439 g/mol. The van der Waals surface area contributed by atoms with Crippen molar-refractivity contribution in [1.29, 1.82) is 0 Å². The van der Waals surface area contributed by atoms with Gasteiger partial charge in [-0.1, -0.05) is 31.2 Å². The summed E-state index contributed by atoms with van der Waals surface area (Å²) in [7, 11) is 1.64. The molecule has 1 aliphatic heterocycles. The molecular weight excluding hydrogens is 406 g/mol. The first-order valence-electron chi connectivity index (χ1n) is 11.2. The second-order valence-electron chi connectivity index (χ2n) is 7.87. The lowest BCUT2D eigenvalue weighted by atomic mass is 10.1. The van der Waals surface area contributed by atoms with E-state index in [0.717, 1.165) is 29.0 Å². The molecule has 0 spiro atoms. The van der Waals surface area contributed by atoms with Crippen LogP contribution < -0.4 is 14.8 Å². The summed E-state index contributed by atoms with van der Waals surface area (Å²) >= 11 is 0. The highest BCUT2D eigenvalue weighted by molar-refractivity contribution is 5.78. The van der Waals surface area contributed by atoms with Crippen LogP contribution in [0.15, 0.2) is 48.5 Å². The molecule has 1 aliphatic rings. The third-order valence-corrected chi connectivity index (χ3v) is 5.52. The first-order chi connectivity index (χ1) is 15.6. The normalized spacial score (nSPS) is 13.6. The molecule has 1 N–H and O–H groups in total. The molecule has 0 aromatic heterocycles. The Morgan fingerprint density at radius 1 is 0.938 bits per heavy atom. The molecule has 0 radical (unpaired) electrons. The van der Waals surface area contributed by atoms with Crippen molar-refractivity contribution in [1.82, 2.24) is 15.1 Å². The highest BCUT2D eigenvalue weighted by Gasteiger charge is 2.23. The van der Waals surface area contributed by atoms with Crippen LogP contribution in [0.3, 0.4) is 0 Å². The number of ether oxygens (including phenoxy) is 2.